The minimum absolute atomic E-state index is 0.263. The summed E-state index contributed by atoms with van der Waals surface area (Å²) in [6.45, 7) is 0. The zero-order valence-electron chi connectivity index (χ0n) is 12.4. The van der Waals surface area contributed by atoms with Gasteiger partial charge in [0.2, 0.25) is 0 Å². The van der Waals surface area contributed by atoms with Crippen LogP contribution >= 0.6 is 15.9 Å². The number of halogens is 1. The van der Waals surface area contributed by atoms with Crippen molar-refractivity contribution in [1.29, 1.82) is 0 Å². The van der Waals surface area contributed by atoms with Gasteiger partial charge >= 0.3 is 0 Å². The Hall–Kier alpha value is -2.53. The fraction of sp³-hybridized carbons (Fsp3) is 0.0556. The highest BCUT2D eigenvalue weighted by Gasteiger charge is 2.12. The molecule has 0 spiro atoms. The highest BCUT2D eigenvalue weighted by atomic mass is 79.9. The van der Waals surface area contributed by atoms with E-state index in [2.05, 4.69) is 21.2 Å². The molecule has 0 saturated carbocycles. The second kappa shape index (κ2) is 6.71. The van der Waals surface area contributed by atoms with Crippen molar-refractivity contribution in [3.05, 3.63) is 70.9 Å². The summed E-state index contributed by atoms with van der Waals surface area (Å²) in [7, 11) is 1.60. The number of anilines is 1. The summed E-state index contributed by atoms with van der Waals surface area (Å²) in [6, 6.07) is 18.3. The van der Waals surface area contributed by atoms with Crippen molar-refractivity contribution in [3.63, 3.8) is 0 Å². The van der Waals surface area contributed by atoms with Crippen LogP contribution in [0.5, 0.6) is 5.75 Å². The molecule has 3 aromatic rings. The van der Waals surface area contributed by atoms with Crippen molar-refractivity contribution in [1.82, 2.24) is 0 Å². The van der Waals surface area contributed by atoms with Gasteiger partial charge in [-0.2, -0.15) is 0 Å². The van der Waals surface area contributed by atoms with Gasteiger partial charge in [-0.05, 0) is 48.5 Å². The molecular weight excluding hydrogens is 358 g/mol. The van der Waals surface area contributed by atoms with E-state index in [0.717, 1.165) is 15.8 Å². The maximum Gasteiger partial charge on any atom is 0.291 e. The Labute approximate surface area is 142 Å². The first-order chi connectivity index (χ1) is 11.2. The van der Waals surface area contributed by atoms with Crippen LogP contribution in [-0.4, -0.2) is 13.0 Å². The lowest BCUT2D eigenvalue weighted by Crippen LogP contribution is -2.10. The van der Waals surface area contributed by atoms with Gasteiger partial charge in [-0.3, -0.25) is 4.79 Å². The Kier molecular flexibility index (Phi) is 4.48. The maximum absolute atomic E-state index is 12.2. The van der Waals surface area contributed by atoms with Crippen molar-refractivity contribution in [2.75, 3.05) is 12.4 Å². The van der Waals surface area contributed by atoms with Gasteiger partial charge in [0.1, 0.15) is 11.5 Å². The first-order valence-electron chi connectivity index (χ1n) is 6.97. The number of ether oxygens (including phenoxy) is 1. The van der Waals surface area contributed by atoms with E-state index in [0.29, 0.717) is 11.4 Å². The van der Waals surface area contributed by atoms with Crippen LogP contribution in [0.2, 0.25) is 0 Å². The minimum atomic E-state index is -0.293. The van der Waals surface area contributed by atoms with Crippen LogP contribution in [0.1, 0.15) is 10.6 Å². The molecule has 1 amide bonds. The van der Waals surface area contributed by atoms with E-state index in [-0.39, 0.29) is 11.7 Å². The zero-order chi connectivity index (χ0) is 16.2. The molecule has 1 heterocycles. The summed E-state index contributed by atoms with van der Waals surface area (Å²) >= 11 is 3.39. The van der Waals surface area contributed by atoms with Crippen LogP contribution in [0.25, 0.3) is 11.3 Å². The molecule has 0 aliphatic heterocycles. The minimum Gasteiger partial charge on any atom is -0.497 e. The van der Waals surface area contributed by atoms with Crippen LogP contribution in [0.4, 0.5) is 5.69 Å². The quantitative estimate of drug-likeness (QED) is 0.704. The van der Waals surface area contributed by atoms with E-state index in [1.165, 1.54) is 0 Å². The van der Waals surface area contributed by atoms with E-state index in [1.54, 1.807) is 43.5 Å². The molecule has 5 heteroatoms. The molecule has 0 fully saturated rings. The molecule has 1 N–H and O–H groups in total. The molecule has 3 rings (SSSR count). The monoisotopic (exact) mass is 371 g/mol. The van der Waals surface area contributed by atoms with Gasteiger partial charge in [0.25, 0.3) is 5.91 Å². The first-order valence-corrected chi connectivity index (χ1v) is 7.76. The fourth-order valence-corrected chi connectivity index (χ4v) is 2.36. The van der Waals surface area contributed by atoms with Gasteiger partial charge in [0.05, 0.1) is 7.11 Å². The second-order valence-corrected chi connectivity index (χ2v) is 5.77. The summed E-state index contributed by atoms with van der Waals surface area (Å²) in [6.07, 6.45) is 0. The van der Waals surface area contributed by atoms with Crippen LogP contribution in [0.3, 0.4) is 0 Å². The number of carbonyl (C=O) groups is 1. The van der Waals surface area contributed by atoms with Gasteiger partial charge in [0, 0.05) is 15.7 Å². The number of hydrogen-bond acceptors (Lipinski definition) is 3. The lowest BCUT2D eigenvalue weighted by molar-refractivity contribution is 0.0997. The van der Waals surface area contributed by atoms with Crippen LogP contribution in [-0.2, 0) is 0 Å². The van der Waals surface area contributed by atoms with Gasteiger partial charge in [-0.1, -0.05) is 28.1 Å². The topological polar surface area (TPSA) is 51.5 Å². The van der Waals surface area contributed by atoms with Crippen molar-refractivity contribution in [3.8, 4) is 17.1 Å². The summed E-state index contributed by atoms with van der Waals surface area (Å²) in [4.78, 5) is 12.2. The number of amides is 1. The predicted octanol–water partition coefficient (Wildman–Crippen LogP) is 4.97. The number of carbonyl (C=O) groups excluding carboxylic acids is 1. The maximum atomic E-state index is 12.2. The number of furan rings is 1. The molecule has 0 radical (unpaired) electrons. The molecule has 1 aromatic heterocycles. The molecule has 4 nitrogen and oxygen atoms in total. The van der Waals surface area contributed by atoms with E-state index < -0.39 is 0 Å². The fourth-order valence-electron chi connectivity index (χ4n) is 2.10. The Morgan fingerprint density at radius 2 is 1.70 bits per heavy atom. The average Bonchev–Trinajstić information content (AvgIpc) is 3.06. The normalized spacial score (nSPS) is 10.3. The summed E-state index contributed by atoms with van der Waals surface area (Å²) < 4.78 is 11.7. The Morgan fingerprint density at radius 3 is 2.35 bits per heavy atom. The molecule has 116 valence electrons. The third kappa shape index (κ3) is 3.63. The Bertz CT molecular complexity index is 807. The van der Waals surface area contributed by atoms with Gasteiger partial charge in [-0.15, -0.1) is 0 Å². The molecule has 23 heavy (non-hydrogen) atoms. The number of benzene rings is 2. The van der Waals surface area contributed by atoms with Crippen molar-refractivity contribution in [2.45, 2.75) is 0 Å². The summed E-state index contributed by atoms with van der Waals surface area (Å²) in [5, 5.41) is 2.79. The Morgan fingerprint density at radius 1 is 1.00 bits per heavy atom. The summed E-state index contributed by atoms with van der Waals surface area (Å²) in [5.74, 6) is 1.35. The molecule has 0 saturated heterocycles. The number of methoxy groups -OCH3 is 1. The van der Waals surface area contributed by atoms with Crippen LogP contribution in [0, 0.1) is 0 Å². The Balaban J connectivity index is 1.74. The van der Waals surface area contributed by atoms with Crippen molar-refractivity contribution in [2.24, 2.45) is 0 Å². The SMILES string of the molecule is COc1ccc(NC(=O)c2ccc(-c3ccc(Br)cc3)o2)cc1. The molecule has 0 aliphatic carbocycles. The van der Waals surface area contributed by atoms with E-state index in [1.807, 2.05) is 24.3 Å². The molecule has 0 aliphatic rings. The lowest BCUT2D eigenvalue weighted by Gasteiger charge is -2.04. The third-order valence-electron chi connectivity index (χ3n) is 3.31. The van der Waals surface area contributed by atoms with Crippen LogP contribution in [0.15, 0.2) is 69.6 Å². The standard InChI is InChI=1S/C18H14BrNO3/c1-22-15-8-6-14(7-9-15)20-18(21)17-11-10-16(23-17)12-2-4-13(19)5-3-12/h2-11H,1H3,(H,20,21). The number of hydrogen-bond donors (Lipinski definition) is 1. The molecule has 0 bridgehead atoms. The second-order valence-electron chi connectivity index (χ2n) is 4.85. The molecule has 0 unspecified atom stereocenters. The molecular formula is C18H14BrNO3. The summed E-state index contributed by atoms with van der Waals surface area (Å²) in [5.41, 5.74) is 1.59. The smallest absolute Gasteiger partial charge is 0.291 e. The third-order valence-corrected chi connectivity index (χ3v) is 3.84. The average molecular weight is 372 g/mol. The number of rotatable bonds is 4. The van der Waals surface area contributed by atoms with Gasteiger partial charge in [0.15, 0.2) is 5.76 Å². The van der Waals surface area contributed by atoms with E-state index >= 15 is 0 Å². The lowest BCUT2D eigenvalue weighted by atomic mass is 10.2. The van der Waals surface area contributed by atoms with Crippen LogP contribution < -0.4 is 10.1 Å². The van der Waals surface area contributed by atoms with Crippen molar-refractivity contribution < 1.29 is 13.9 Å². The van der Waals surface area contributed by atoms with Gasteiger partial charge < -0.3 is 14.5 Å². The zero-order valence-corrected chi connectivity index (χ0v) is 14.0. The first kappa shape index (κ1) is 15.4. The highest BCUT2D eigenvalue weighted by Crippen LogP contribution is 2.24. The van der Waals surface area contributed by atoms with E-state index in [9.17, 15) is 4.79 Å². The van der Waals surface area contributed by atoms with Crippen molar-refractivity contribution >= 4 is 27.5 Å². The predicted molar refractivity (Wildman–Crippen MR) is 92.8 cm³/mol. The van der Waals surface area contributed by atoms with E-state index in [4.69, 9.17) is 9.15 Å². The highest BCUT2D eigenvalue weighted by molar-refractivity contribution is 9.10. The van der Waals surface area contributed by atoms with Gasteiger partial charge in [-0.25, -0.2) is 0 Å². The molecule has 2 aromatic carbocycles. The molecule has 0 atom stereocenters. The number of nitrogens with one attached hydrogen (secondary N) is 1. The largest absolute Gasteiger partial charge is 0.497 e.